The number of esters is 1. The number of hydrogen-bond donors (Lipinski definition) is 2. The molecule has 2 heterocycles. The third kappa shape index (κ3) is 4.19. The second kappa shape index (κ2) is 9.06. The van der Waals surface area contributed by atoms with Crippen LogP contribution in [0.15, 0.2) is 39.9 Å². The number of aryl methyl sites for hydroxylation is 3. The topological polar surface area (TPSA) is 128 Å². The molecule has 0 amide bonds. The Morgan fingerprint density at radius 3 is 2.47 bits per heavy atom. The summed E-state index contributed by atoms with van der Waals surface area (Å²) in [7, 11) is 0. The summed E-state index contributed by atoms with van der Waals surface area (Å²) in [4.78, 5) is 49.8. The second-order valence-electron chi connectivity index (χ2n) is 6.55. The van der Waals surface area contributed by atoms with Crippen LogP contribution in [0, 0.1) is 6.92 Å². The number of carbonyl (C=O) groups is 2. The molecule has 2 aromatic heterocycles. The van der Waals surface area contributed by atoms with Crippen LogP contribution in [-0.4, -0.2) is 44.5 Å². The van der Waals surface area contributed by atoms with E-state index in [0.29, 0.717) is 16.6 Å². The predicted octanol–water partition coefficient (Wildman–Crippen LogP) is 1.01. The maximum absolute atomic E-state index is 12.9. The van der Waals surface area contributed by atoms with Gasteiger partial charge in [0.25, 0.3) is 5.56 Å². The van der Waals surface area contributed by atoms with E-state index in [-0.39, 0.29) is 34.9 Å². The zero-order valence-electron chi connectivity index (χ0n) is 16.2. The van der Waals surface area contributed by atoms with Crippen LogP contribution in [0.3, 0.4) is 0 Å². The van der Waals surface area contributed by atoms with Crippen LogP contribution in [0.4, 0.5) is 0 Å². The van der Waals surface area contributed by atoms with Crippen LogP contribution in [0.25, 0.3) is 10.2 Å². The molecule has 0 radical (unpaired) electrons. The van der Waals surface area contributed by atoms with Crippen molar-refractivity contribution in [3.63, 3.8) is 0 Å². The summed E-state index contributed by atoms with van der Waals surface area (Å²) in [6.45, 7) is 0.426. The molecule has 2 N–H and O–H groups in total. The van der Waals surface area contributed by atoms with E-state index in [1.807, 2.05) is 30.3 Å². The number of rotatable bonds is 8. The number of ether oxygens (including phenoxy) is 1. The average molecular weight is 432 g/mol. The van der Waals surface area contributed by atoms with Gasteiger partial charge < -0.3 is 14.9 Å². The van der Waals surface area contributed by atoms with Crippen LogP contribution in [0.2, 0.25) is 0 Å². The van der Waals surface area contributed by atoms with Crippen molar-refractivity contribution in [2.45, 2.75) is 26.4 Å². The molecule has 0 atom stereocenters. The minimum atomic E-state index is -1.32. The highest BCUT2D eigenvalue weighted by molar-refractivity contribution is 7.20. The molecule has 1 aromatic carbocycles. The van der Waals surface area contributed by atoms with Crippen LogP contribution in [-0.2, 0) is 29.0 Å². The smallest absolute Gasteiger partial charge is 0.348 e. The van der Waals surface area contributed by atoms with E-state index >= 15 is 0 Å². The van der Waals surface area contributed by atoms with Crippen LogP contribution in [0.5, 0.6) is 0 Å². The fourth-order valence-electron chi connectivity index (χ4n) is 3.15. The Labute approximate surface area is 174 Å². The summed E-state index contributed by atoms with van der Waals surface area (Å²) in [5.41, 5.74) is -0.231. The average Bonchev–Trinajstić information content (AvgIpc) is 3.07. The Bertz CT molecular complexity index is 1210. The van der Waals surface area contributed by atoms with E-state index in [1.54, 1.807) is 6.92 Å². The molecule has 3 rings (SSSR count). The molecule has 0 bridgehead atoms. The van der Waals surface area contributed by atoms with Gasteiger partial charge in [0, 0.05) is 6.54 Å². The first kappa shape index (κ1) is 21.5. The minimum absolute atomic E-state index is 0.116. The first-order valence-electron chi connectivity index (χ1n) is 9.15. The van der Waals surface area contributed by atoms with Crippen molar-refractivity contribution in [2.24, 2.45) is 0 Å². The molecule has 0 saturated heterocycles. The molecule has 0 aliphatic heterocycles. The monoisotopic (exact) mass is 432 g/mol. The highest BCUT2D eigenvalue weighted by Gasteiger charge is 2.24. The lowest BCUT2D eigenvalue weighted by molar-refractivity contribution is -0.137. The number of benzene rings is 1. The number of aliphatic hydroxyl groups excluding tert-OH is 1. The fraction of sp³-hybridized carbons (Fsp3) is 0.300. The Morgan fingerprint density at radius 2 is 1.83 bits per heavy atom. The van der Waals surface area contributed by atoms with Gasteiger partial charge in [-0.05, 0) is 24.5 Å². The number of nitrogens with zero attached hydrogens (tertiary/aromatic N) is 2. The summed E-state index contributed by atoms with van der Waals surface area (Å²) >= 11 is 0.946. The van der Waals surface area contributed by atoms with Gasteiger partial charge >= 0.3 is 17.6 Å². The predicted molar refractivity (Wildman–Crippen MR) is 110 cm³/mol. The van der Waals surface area contributed by atoms with Gasteiger partial charge in [0.15, 0.2) is 0 Å². The first-order chi connectivity index (χ1) is 14.3. The van der Waals surface area contributed by atoms with E-state index in [4.69, 9.17) is 14.9 Å². The number of carbonyl (C=O) groups excluding carboxylic acids is 1. The first-order valence-corrected chi connectivity index (χ1v) is 9.97. The number of aliphatic hydroxyl groups is 1. The van der Waals surface area contributed by atoms with E-state index < -0.39 is 29.7 Å². The summed E-state index contributed by atoms with van der Waals surface area (Å²) in [5, 5.41) is 18.1. The SMILES string of the molecule is Cc1c(C(=O)OCCO)sc2c1c(=O)n(CC(=O)O)c(=O)n2CCc1ccccc1. The molecule has 0 fully saturated rings. The Kier molecular flexibility index (Phi) is 6.48. The lowest BCUT2D eigenvalue weighted by atomic mass is 10.1. The molecule has 0 spiro atoms. The van der Waals surface area contributed by atoms with E-state index in [9.17, 15) is 19.2 Å². The quantitative estimate of drug-likeness (QED) is 0.509. The van der Waals surface area contributed by atoms with E-state index in [1.165, 1.54) is 4.57 Å². The molecule has 30 heavy (non-hydrogen) atoms. The second-order valence-corrected chi connectivity index (χ2v) is 7.55. The zero-order valence-corrected chi connectivity index (χ0v) is 17.0. The highest BCUT2D eigenvalue weighted by atomic mass is 32.1. The lowest BCUT2D eigenvalue weighted by Crippen LogP contribution is -2.41. The van der Waals surface area contributed by atoms with Crippen molar-refractivity contribution in [2.75, 3.05) is 13.2 Å². The van der Waals surface area contributed by atoms with Gasteiger partial charge in [0.1, 0.15) is 22.9 Å². The largest absolute Gasteiger partial charge is 0.480 e. The van der Waals surface area contributed by atoms with Crippen molar-refractivity contribution in [1.29, 1.82) is 0 Å². The third-order valence-corrected chi connectivity index (χ3v) is 5.86. The van der Waals surface area contributed by atoms with Gasteiger partial charge in [0.05, 0.1) is 12.0 Å². The number of fused-ring (bicyclic) bond motifs is 1. The summed E-state index contributed by atoms with van der Waals surface area (Å²) in [5.74, 6) is -2.03. The molecule has 10 heteroatoms. The number of carboxylic acids is 1. The zero-order chi connectivity index (χ0) is 21.8. The third-order valence-electron chi connectivity index (χ3n) is 4.56. The standard InChI is InChI=1S/C20H20N2O7S/c1-12-15-17(26)22(11-14(24)25)20(28)21(8-7-13-5-3-2-4-6-13)18(15)30-16(12)19(27)29-10-9-23/h2-6,23H,7-11H2,1H3,(H,24,25). The molecule has 0 unspecified atom stereocenters. The summed E-state index contributed by atoms with van der Waals surface area (Å²) in [6.07, 6.45) is 0.475. The lowest BCUT2D eigenvalue weighted by Gasteiger charge is -2.11. The molecule has 158 valence electrons. The minimum Gasteiger partial charge on any atom is -0.480 e. The number of hydrogen-bond acceptors (Lipinski definition) is 7. The molecule has 0 aliphatic rings. The van der Waals surface area contributed by atoms with E-state index in [0.717, 1.165) is 16.9 Å². The fourth-order valence-corrected chi connectivity index (χ4v) is 4.36. The molecule has 3 aromatic rings. The number of aromatic nitrogens is 2. The van der Waals surface area contributed by atoms with Crippen LogP contribution in [0.1, 0.15) is 20.8 Å². The maximum Gasteiger partial charge on any atom is 0.348 e. The number of carboxylic acid groups (broad SMARTS) is 1. The van der Waals surface area contributed by atoms with Gasteiger partial charge in [-0.1, -0.05) is 30.3 Å². The van der Waals surface area contributed by atoms with Gasteiger partial charge in [-0.15, -0.1) is 11.3 Å². The van der Waals surface area contributed by atoms with Crippen molar-refractivity contribution in [3.05, 3.63) is 67.2 Å². The Hall–Kier alpha value is -3.24. The maximum atomic E-state index is 12.9. The Balaban J connectivity index is 2.18. The molecule has 0 aliphatic carbocycles. The van der Waals surface area contributed by atoms with Crippen molar-refractivity contribution < 1.29 is 24.5 Å². The van der Waals surface area contributed by atoms with Gasteiger partial charge in [-0.2, -0.15) is 0 Å². The molecular weight excluding hydrogens is 412 g/mol. The normalized spacial score (nSPS) is 11.0. The van der Waals surface area contributed by atoms with Crippen molar-refractivity contribution in [1.82, 2.24) is 9.13 Å². The van der Waals surface area contributed by atoms with Crippen LogP contribution < -0.4 is 11.2 Å². The van der Waals surface area contributed by atoms with Crippen molar-refractivity contribution >= 4 is 33.5 Å². The van der Waals surface area contributed by atoms with Crippen LogP contribution >= 0.6 is 11.3 Å². The molecular formula is C20H20N2O7S. The number of thiophene rings is 1. The Morgan fingerprint density at radius 1 is 1.13 bits per heavy atom. The van der Waals surface area contributed by atoms with Crippen molar-refractivity contribution in [3.8, 4) is 0 Å². The van der Waals surface area contributed by atoms with Gasteiger partial charge in [-0.25, -0.2) is 14.2 Å². The van der Waals surface area contributed by atoms with E-state index in [2.05, 4.69) is 0 Å². The van der Waals surface area contributed by atoms with Gasteiger partial charge in [-0.3, -0.25) is 14.2 Å². The van der Waals surface area contributed by atoms with Gasteiger partial charge in [0.2, 0.25) is 0 Å². The summed E-state index contributed by atoms with van der Waals surface area (Å²) < 4.78 is 6.94. The highest BCUT2D eigenvalue weighted by Crippen LogP contribution is 2.28. The summed E-state index contributed by atoms with van der Waals surface area (Å²) in [6, 6.07) is 9.39. The molecule has 9 nitrogen and oxygen atoms in total. The molecule has 0 saturated carbocycles. The number of aliphatic carboxylic acids is 1.